The number of carbonyl (C=O) groups is 1. The lowest BCUT2D eigenvalue weighted by Crippen LogP contribution is -2.36. The molecule has 0 radical (unpaired) electrons. The molecule has 4 aromatic rings. The zero-order chi connectivity index (χ0) is 24.1. The van der Waals surface area contributed by atoms with E-state index < -0.39 is 41.7 Å². The first-order chi connectivity index (χ1) is 15.3. The van der Waals surface area contributed by atoms with Crippen molar-refractivity contribution in [3.8, 4) is 5.75 Å². The molecule has 0 aliphatic carbocycles. The fourth-order valence-corrected chi connectivity index (χ4v) is 3.77. The number of rotatable bonds is 5. The molecule has 0 fully saturated rings. The summed E-state index contributed by atoms with van der Waals surface area (Å²) in [7, 11) is 0. The van der Waals surface area contributed by atoms with Gasteiger partial charge in [0.05, 0.1) is 10.2 Å². The second-order valence-corrected chi connectivity index (χ2v) is 7.67. The van der Waals surface area contributed by atoms with Crippen LogP contribution in [0, 0.1) is 6.92 Å². The minimum atomic E-state index is -5.89. The third-order valence-corrected chi connectivity index (χ3v) is 5.20. The van der Waals surface area contributed by atoms with E-state index in [2.05, 4.69) is 25.1 Å². The van der Waals surface area contributed by atoms with Crippen molar-refractivity contribution in [3.63, 3.8) is 0 Å². The molecule has 0 saturated heterocycles. The summed E-state index contributed by atoms with van der Waals surface area (Å²) in [4.78, 5) is 20.5. The van der Waals surface area contributed by atoms with Crippen LogP contribution in [-0.4, -0.2) is 38.3 Å². The second kappa shape index (κ2) is 7.83. The highest BCUT2D eigenvalue weighted by Gasteiger charge is 2.60. The molecule has 0 atom stereocenters. The van der Waals surface area contributed by atoms with Gasteiger partial charge in [0.15, 0.2) is 16.5 Å². The van der Waals surface area contributed by atoms with Crippen molar-refractivity contribution in [2.24, 2.45) is 0 Å². The lowest BCUT2D eigenvalue weighted by molar-refractivity contribution is -0.291. The van der Waals surface area contributed by atoms with E-state index in [0.29, 0.717) is 16.3 Å². The molecule has 33 heavy (non-hydrogen) atoms. The Bertz CT molecular complexity index is 1370. The number of nitrogens with zero attached hydrogens (tertiary/aromatic N) is 4. The lowest BCUT2D eigenvalue weighted by atomic mass is 10.2. The number of aromatic nitrogens is 4. The Labute approximate surface area is 182 Å². The SMILES string of the molecule is Cc1cc(C(F)(F)C(F)(F)F)n2nc(C(=O)Nc3nc4ccc(OC(F)F)cc4s3)cc2n1. The van der Waals surface area contributed by atoms with Gasteiger partial charge in [-0.3, -0.25) is 10.1 Å². The van der Waals surface area contributed by atoms with Gasteiger partial charge < -0.3 is 4.74 Å². The first-order valence-corrected chi connectivity index (χ1v) is 9.66. The van der Waals surface area contributed by atoms with E-state index in [1.807, 2.05) is 0 Å². The molecule has 15 heteroatoms. The summed E-state index contributed by atoms with van der Waals surface area (Å²) in [5, 5.41) is 5.91. The van der Waals surface area contributed by atoms with Crippen LogP contribution in [0.25, 0.3) is 15.9 Å². The molecule has 0 bridgehead atoms. The highest BCUT2D eigenvalue weighted by atomic mass is 32.1. The number of hydrogen-bond acceptors (Lipinski definition) is 6. The monoisotopic (exact) mass is 493 g/mol. The first kappa shape index (κ1) is 22.7. The van der Waals surface area contributed by atoms with Crippen molar-refractivity contribution in [3.05, 3.63) is 47.4 Å². The Morgan fingerprint density at radius 2 is 1.85 bits per heavy atom. The molecule has 174 valence electrons. The van der Waals surface area contributed by atoms with E-state index in [-0.39, 0.29) is 21.1 Å². The molecule has 7 nitrogen and oxygen atoms in total. The maximum atomic E-state index is 14.0. The van der Waals surface area contributed by atoms with Gasteiger partial charge in [0, 0.05) is 11.8 Å². The summed E-state index contributed by atoms with van der Waals surface area (Å²) in [6.45, 7) is -1.81. The number of fused-ring (bicyclic) bond motifs is 2. The topological polar surface area (TPSA) is 81.4 Å². The molecule has 0 aliphatic heterocycles. The molecule has 3 aromatic heterocycles. The van der Waals surface area contributed by atoms with E-state index in [9.17, 15) is 35.5 Å². The number of halogens is 7. The molecular formula is C18H10F7N5O2S. The van der Waals surface area contributed by atoms with Crippen LogP contribution in [0.3, 0.4) is 0 Å². The molecule has 0 aliphatic rings. The predicted octanol–water partition coefficient (Wildman–Crippen LogP) is 5.16. The second-order valence-electron chi connectivity index (χ2n) is 6.64. The third kappa shape index (κ3) is 4.27. The van der Waals surface area contributed by atoms with Crippen molar-refractivity contribution < 1.29 is 40.3 Å². The molecule has 1 N–H and O–H groups in total. The van der Waals surface area contributed by atoms with Crippen LogP contribution in [0.15, 0.2) is 30.3 Å². The smallest absolute Gasteiger partial charge is 0.435 e. The highest BCUT2D eigenvalue weighted by molar-refractivity contribution is 7.22. The van der Waals surface area contributed by atoms with Crippen molar-refractivity contribution in [2.75, 3.05) is 5.32 Å². The maximum Gasteiger partial charge on any atom is 0.459 e. The highest BCUT2D eigenvalue weighted by Crippen LogP contribution is 2.43. The fraction of sp³-hybridized carbons (Fsp3) is 0.222. The molecular weight excluding hydrogens is 483 g/mol. The number of alkyl halides is 7. The number of aryl methyl sites for hydroxylation is 1. The van der Waals surface area contributed by atoms with E-state index in [1.165, 1.54) is 25.1 Å². The van der Waals surface area contributed by atoms with Gasteiger partial charge in [-0.1, -0.05) is 11.3 Å². The number of thiazole rings is 1. The van der Waals surface area contributed by atoms with Gasteiger partial charge in [-0.15, -0.1) is 0 Å². The van der Waals surface area contributed by atoms with Crippen molar-refractivity contribution in [2.45, 2.75) is 25.6 Å². The van der Waals surface area contributed by atoms with Gasteiger partial charge in [-0.05, 0) is 31.2 Å². The summed E-state index contributed by atoms with van der Waals surface area (Å²) < 4.78 is 96.2. The molecule has 1 amide bonds. The van der Waals surface area contributed by atoms with Crippen LogP contribution < -0.4 is 10.1 Å². The van der Waals surface area contributed by atoms with Crippen LogP contribution >= 0.6 is 11.3 Å². The molecule has 0 spiro atoms. The number of carbonyl (C=O) groups excluding carboxylic acids is 1. The predicted molar refractivity (Wildman–Crippen MR) is 102 cm³/mol. The van der Waals surface area contributed by atoms with Crippen LogP contribution in [0.5, 0.6) is 5.75 Å². The molecule has 0 unspecified atom stereocenters. The van der Waals surface area contributed by atoms with Crippen LogP contribution in [-0.2, 0) is 5.92 Å². The van der Waals surface area contributed by atoms with Gasteiger partial charge in [0.1, 0.15) is 11.4 Å². The quantitative estimate of drug-likeness (QED) is 0.389. The molecule has 4 rings (SSSR count). The Kier molecular flexibility index (Phi) is 5.38. The summed E-state index contributed by atoms with van der Waals surface area (Å²) in [5.41, 5.74) is -2.17. The average molecular weight is 493 g/mol. The van der Waals surface area contributed by atoms with Gasteiger partial charge >= 0.3 is 18.7 Å². The van der Waals surface area contributed by atoms with E-state index >= 15 is 0 Å². The third-order valence-electron chi connectivity index (χ3n) is 4.27. The normalized spacial score (nSPS) is 12.6. The number of amides is 1. The Morgan fingerprint density at radius 3 is 2.52 bits per heavy atom. The Balaban J connectivity index is 1.66. The van der Waals surface area contributed by atoms with E-state index in [0.717, 1.165) is 17.4 Å². The minimum absolute atomic E-state index is 0.00578. The first-order valence-electron chi connectivity index (χ1n) is 8.84. The van der Waals surface area contributed by atoms with Gasteiger partial charge in [-0.2, -0.15) is 35.8 Å². The molecule has 3 heterocycles. The average Bonchev–Trinajstić information content (AvgIpc) is 3.28. The minimum Gasteiger partial charge on any atom is -0.435 e. The summed E-state index contributed by atoms with van der Waals surface area (Å²) >= 11 is 0.895. The Morgan fingerprint density at radius 1 is 1.12 bits per heavy atom. The van der Waals surface area contributed by atoms with Crippen molar-refractivity contribution in [1.82, 2.24) is 19.6 Å². The standard InChI is InChI=1S/C18H10F7N5O2S/c1-7-4-12(17(21,22)18(23,24)25)30-13(26-7)6-10(29-30)14(31)28-16-27-9-3-2-8(32-15(19)20)5-11(9)33-16/h2-6,15H,1H3,(H,27,28,31). The zero-order valence-corrected chi connectivity index (χ0v) is 16.9. The number of ether oxygens (including phenoxy) is 1. The van der Waals surface area contributed by atoms with Crippen molar-refractivity contribution >= 4 is 38.2 Å². The van der Waals surface area contributed by atoms with Crippen LogP contribution in [0.4, 0.5) is 35.9 Å². The molecule has 1 aromatic carbocycles. The summed E-state index contributed by atoms with van der Waals surface area (Å²) in [6.07, 6.45) is -5.89. The fourth-order valence-electron chi connectivity index (χ4n) is 2.88. The van der Waals surface area contributed by atoms with Crippen LogP contribution in [0.2, 0.25) is 0 Å². The van der Waals surface area contributed by atoms with Crippen LogP contribution in [0.1, 0.15) is 21.9 Å². The van der Waals surface area contributed by atoms with E-state index in [1.54, 1.807) is 0 Å². The largest absolute Gasteiger partial charge is 0.459 e. The van der Waals surface area contributed by atoms with Gasteiger partial charge in [-0.25, -0.2) is 14.5 Å². The van der Waals surface area contributed by atoms with E-state index in [4.69, 9.17) is 0 Å². The Hall–Kier alpha value is -3.49. The zero-order valence-electron chi connectivity index (χ0n) is 16.1. The lowest BCUT2D eigenvalue weighted by Gasteiger charge is -2.20. The van der Waals surface area contributed by atoms with Crippen molar-refractivity contribution in [1.29, 1.82) is 0 Å². The summed E-state index contributed by atoms with van der Waals surface area (Å²) in [6, 6.07) is 5.38. The maximum absolute atomic E-state index is 14.0. The number of nitrogens with one attached hydrogen (secondary N) is 1. The number of hydrogen-bond donors (Lipinski definition) is 1. The number of anilines is 1. The molecule has 0 saturated carbocycles. The number of benzene rings is 1. The summed E-state index contributed by atoms with van der Waals surface area (Å²) in [5.74, 6) is -6.33. The van der Waals surface area contributed by atoms with Gasteiger partial charge in [0.25, 0.3) is 5.91 Å². The van der Waals surface area contributed by atoms with Gasteiger partial charge in [0.2, 0.25) is 0 Å².